The normalized spacial score (nSPS) is 11.1. The number of furan rings is 1. The number of benzene rings is 1. The molecule has 5 rings (SSSR count). The molecule has 146 valence electrons. The highest BCUT2D eigenvalue weighted by Gasteiger charge is 2.14. The van der Waals surface area contributed by atoms with Crippen molar-refractivity contribution in [2.45, 2.75) is 6.92 Å². The summed E-state index contributed by atoms with van der Waals surface area (Å²) >= 11 is 0. The van der Waals surface area contributed by atoms with E-state index in [4.69, 9.17) is 4.42 Å². The van der Waals surface area contributed by atoms with Crippen LogP contribution in [0.15, 0.2) is 78.1 Å². The first-order valence-electron chi connectivity index (χ1n) is 9.49. The fourth-order valence-corrected chi connectivity index (χ4v) is 3.65. The lowest BCUT2D eigenvalue weighted by Crippen LogP contribution is -2.06. The highest BCUT2D eigenvalue weighted by atomic mass is 16.3. The molecule has 1 amide bonds. The Morgan fingerprint density at radius 1 is 1.10 bits per heavy atom. The summed E-state index contributed by atoms with van der Waals surface area (Å²) in [7, 11) is 0. The van der Waals surface area contributed by atoms with Crippen molar-refractivity contribution in [1.82, 2.24) is 15.0 Å². The van der Waals surface area contributed by atoms with Gasteiger partial charge in [-0.3, -0.25) is 4.79 Å². The fourth-order valence-electron chi connectivity index (χ4n) is 3.65. The van der Waals surface area contributed by atoms with E-state index in [1.165, 1.54) is 6.08 Å². The number of hydrogen-bond donors (Lipinski definition) is 2. The highest BCUT2D eigenvalue weighted by molar-refractivity contribution is 6.03. The summed E-state index contributed by atoms with van der Waals surface area (Å²) in [6.45, 7) is 5.41. The van der Waals surface area contributed by atoms with Crippen LogP contribution >= 0.6 is 0 Å². The Balaban J connectivity index is 1.63. The van der Waals surface area contributed by atoms with Gasteiger partial charge in [0.1, 0.15) is 11.4 Å². The number of aromatic nitrogens is 3. The van der Waals surface area contributed by atoms with Gasteiger partial charge in [0.2, 0.25) is 11.6 Å². The number of carbonyl (C=O) groups is 1. The summed E-state index contributed by atoms with van der Waals surface area (Å²) < 4.78 is 5.69. The molecule has 6 heteroatoms. The number of anilines is 1. The average Bonchev–Trinajstić information content (AvgIpc) is 3.35. The Morgan fingerprint density at radius 2 is 2.00 bits per heavy atom. The first kappa shape index (κ1) is 17.9. The quantitative estimate of drug-likeness (QED) is 0.396. The monoisotopic (exact) mass is 394 g/mol. The number of nitrogens with one attached hydrogen (secondary N) is 2. The number of pyridine rings is 2. The molecule has 0 bridgehead atoms. The minimum atomic E-state index is -0.245. The third-order valence-electron chi connectivity index (χ3n) is 5.03. The van der Waals surface area contributed by atoms with Gasteiger partial charge in [-0.2, -0.15) is 0 Å². The minimum absolute atomic E-state index is 0.245. The Hall–Kier alpha value is -4.19. The summed E-state index contributed by atoms with van der Waals surface area (Å²) in [5.41, 5.74) is 6.10. The van der Waals surface area contributed by atoms with Crippen LogP contribution in [0.25, 0.3) is 44.4 Å². The van der Waals surface area contributed by atoms with Crippen molar-refractivity contribution in [3.05, 3.63) is 79.5 Å². The van der Waals surface area contributed by atoms with E-state index in [0.29, 0.717) is 11.4 Å². The molecule has 1 aromatic carbocycles. The molecule has 4 heterocycles. The van der Waals surface area contributed by atoms with Gasteiger partial charge < -0.3 is 14.7 Å². The average molecular weight is 394 g/mol. The van der Waals surface area contributed by atoms with Gasteiger partial charge in [0.05, 0.1) is 0 Å². The second kappa shape index (κ2) is 7.00. The minimum Gasteiger partial charge on any atom is -0.443 e. The Kier molecular flexibility index (Phi) is 4.17. The van der Waals surface area contributed by atoms with Crippen LogP contribution in [0.2, 0.25) is 0 Å². The Morgan fingerprint density at radius 3 is 2.87 bits per heavy atom. The van der Waals surface area contributed by atoms with Crippen molar-refractivity contribution in [2.24, 2.45) is 0 Å². The molecule has 4 aromatic heterocycles. The largest absolute Gasteiger partial charge is 0.443 e. The van der Waals surface area contributed by atoms with E-state index in [-0.39, 0.29) is 5.91 Å². The molecule has 5 aromatic rings. The molecule has 0 saturated heterocycles. The third-order valence-corrected chi connectivity index (χ3v) is 5.03. The second-order valence-corrected chi connectivity index (χ2v) is 7.03. The number of rotatable bonds is 4. The molecule has 0 fully saturated rings. The molecule has 30 heavy (non-hydrogen) atoms. The van der Waals surface area contributed by atoms with Crippen LogP contribution in [-0.2, 0) is 4.79 Å². The zero-order chi connectivity index (χ0) is 20.7. The predicted octanol–water partition coefficient (Wildman–Crippen LogP) is 5.47. The van der Waals surface area contributed by atoms with Crippen molar-refractivity contribution in [1.29, 1.82) is 0 Å². The molecule has 2 N–H and O–H groups in total. The maximum atomic E-state index is 11.6. The summed E-state index contributed by atoms with van der Waals surface area (Å²) in [4.78, 5) is 23.8. The van der Waals surface area contributed by atoms with E-state index in [9.17, 15) is 4.79 Å². The lowest BCUT2D eigenvalue weighted by Gasteiger charge is -2.07. The molecule has 0 unspecified atom stereocenters. The van der Waals surface area contributed by atoms with Gasteiger partial charge in [0.15, 0.2) is 0 Å². The molecule has 0 atom stereocenters. The zero-order valence-corrected chi connectivity index (χ0v) is 16.3. The number of hydrogen-bond acceptors (Lipinski definition) is 4. The van der Waals surface area contributed by atoms with Crippen LogP contribution in [0.5, 0.6) is 0 Å². The summed E-state index contributed by atoms with van der Waals surface area (Å²) in [6, 6.07) is 13.7. The number of carbonyl (C=O) groups excluding carboxylic acids is 1. The van der Waals surface area contributed by atoms with E-state index in [0.717, 1.165) is 44.4 Å². The van der Waals surface area contributed by atoms with Gasteiger partial charge in [-0.25, -0.2) is 9.97 Å². The van der Waals surface area contributed by atoms with E-state index < -0.39 is 0 Å². The molecule has 0 aliphatic carbocycles. The maximum Gasteiger partial charge on any atom is 0.247 e. The van der Waals surface area contributed by atoms with Crippen LogP contribution in [-0.4, -0.2) is 20.9 Å². The number of aryl methyl sites for hydroxylation is 1. The van der Waals surface area contributed by atoms with Gasteiger partial charge in [-0.1, -0.05) is 18.7 Å². The fraction of sp³-hybridized carbons (Fsp3) is 0.0417. The van der Waals surface area contributed by atoms with E-state index in [1.807, 2.05) is 55.7 Å². The summed E-state index contributed by atoms with van der Waals surface area (Å²) in [5.74, 6) is 0.577. The predicted molar refractivity (Wildman–Crippen MR) is 118 cm³/mol. The molecular weight excluding hydrogens is 376 g/mol. The molecule has 0 radical (unpaired) electrons. The SMILES string of the molecule is C=CC(=O)Nc1cccc(-c2cnc3[nH]cc(-c4ccnc5oc(C)cc45)c3c2)c1. The number of nitrogens with zero attached hydrogens (tertiary/aromatic N) is 2. The Labute approximate surface area is 172 Å². The van der Waals surface area contributed by atoms with Crippen molar-refractivity contribution in [3.63, 3.8) is 0 Å². The first-order valence-corrected chi connectivity index (χ1v) is 9.49. The van der Waals surface area contributed by atoms with Crippen LogP contribution in [0.3, 0.4) is 0 Å². The van der Waals surface area contributed by atoms with Crippen molar-refractivity contribution in [2.75, 3.05) is 5.32 Å². The van der Waals surface area contributed by atoms with E-state index >= 15 is 0 Å². The lowest BCUT2D eigenvalue weighted by atomic mass is 10.0. The molecule has 0 aliphatic heterocycles. The lowest BCUT2D eigenvalue weighted by molar-refractivity contribution is -0.111. The van der Waals surface area contributed by atoms with Crippen molar-refractivity contribution in [3.8, 4) is 22.3 Å². The molecule has 6 nitrogen and oxygen atoms in total. The van der Waals surface area contributed by atoms with Gasteiger partial charge >= 0.3 is 0 Å². The zero-order valence-electron chi connectivity index (χ0n) is 16.3. The molecular formula is C24H18N4O2. The second-order valence-electron chi connectivity index (χ2n) is 7.03. The standard InChI is InChI=1S/C24H18N4O2/c1-3-22(29)28-17-6-4-5-15(10-17)16-11-19-21(13-27-23(19)26-12-16)18-7-8-25-24-20(18)9-14(2)30-24/h3-13H,1H2,2H3,(H,26,27)(H,28,29). The third kappa shape index (κ3) is 3.04. The van der Waals surface area contributed by atoms with Gasteiger partial charge in [0, 0.05) is 46.2 Å². The number of aromatic amines is 1. The first-order chi connectivity index (χ1) is 14.6. The van der Waals surface area contributed by atoms with Gasteiger partial charge in [0.25, 0.3) is 0 Å². The number of amides is 1. The summed E-state index contributed by atoms with van der Waals surface area (Å²) in [6.07, 6.45) is 6.78. The highest BCUT2D eigenvalue weighted by Crippen LogP contribution is 2.35. The van der Waals surface area contributed by atoms with Gasteiger partial charge in [-0.15, -0.1) is 0 Å². The van der Waals surface area contributed by atoms with Gasteiger partial charge in [-0.05, 0) is 54.5 Å². The van der Waals surface area contributed by atoms with E-state index in [2.05, 4.69) is 32.9 Å². The molecule has 0 spiro atoms. The molecule has 0 saturated carbocycles. The number of H-pyrrole nitrogens is 1. The van der Waals surface area contributed by atoms with E-state index in [1.54, 1.807) is 6.20 Å². The molecule has 0 aliphatic rings. The smallest absolute Gasteiger partial charge is 0.247 e. The van der Waals surface area contributed by atoms with Crippen LogP contribution in [0.1, 0.15) is 5.76 Å². The Bertz CT molecular complexity index is 1430. The number of fused-ring (bicyclic) bond motifs is 2. The van der Waals surface area contributed by atoms with Crippen molar-refractivity contribution >= 4 is 33.7 Å². The van der Waals surface area contributed by atoms with Crippen molar-refractivity contribution < 1.29 is 9.21 Å². The summed E-state index contributed by atoms with van der Waals surface area (Å²) in [5, 5.41) is 4.76. The van der Waals surface area contributed by atoms with Crippen LogP contribution in [0, 0.1) is 6.92 Å². The maximum absolute atomic E-state index is 11.6. The van der Waals surface area contributed by atoms with Crippen LogP contribution < -0.4 is 5.32 Å². The van der Waals surface area contributed by atoms with Crippen LogP contribution in [0.4, 0.5) is 5.69 Å². The topological polar surface area (TPSA) is 83.8 Å².